The molecule has 1 unspecified atom stereocenters. The van der Waals surface area contributed by atoms with Gasteiger partial charge in [0, 0.05) is 7.05 Å². The van der Waals surface area contributed by atoms with Crippen LogP contribution in [-0.2, 0) is 6.42 Å². The zero-order valence-corrected chi connectivity index (χ0v) is 12.1. The van der Waals surface area contributed by atoms with Crippen LogP contribution in [0.5, 0.6) is 0 Å². The van der Waals surface area contributed by atoms with Crippen LogP contribution < -0.4 is 5.32 Å². The maximum absolute atomic E-state index is 12.0. The summed E-state index contributed by atoms with van der Waals surface area (Å²) >= 11 is 0. The maximum atomic E-state index is 12.0. The van der Waals surface area contributed by atoms with Crippen LogP contribution in [0.4, 0.5) is 0 Å². The number of nitrogens with one attached hydrogen (secondary N) is 1. The molecular formula is C16H19N3O. The van der Waals surface area contributed by atoms with E-state index < -0.39 is 0 Å². The number of imidazole rings is 1. The molecule has 0 fully saturated rings. The second kappa shape index (κ2) is 4.47. The van der Waals surface area contributed by atoms with Crippen molar-refractivity contribution in [1.82, 2.24) is 14.9 Å². The van der Waals surface area contributed by atoms with E-state index in [1.165, 1.54) is 11.1 Å². The molecule has 0 bridgehead atoms. The summed E-state index contributed by atoms with van der Waals surface area (Å²) in [5, 5.41) is 2.68. The van der Waals surface area contributed by atoms with E-state index >= 15 is 0 Å². The van der Waals surface area contributed by atoms with E-state index in [1.54, 1.807) is 19.6 Å². The fourth-order valence-corrected chi connectivity index (χ4v) is 3.31. The van der Waals surface area contributed by atoms with E-state index in [0.717, 1.165) is 6.42 Å². The molecule has 104 valence electrons. The highest BCUT2D eigenvalue weighted by Crippen LogP contribution is 2.47. The van der Waals surface area contributed by atoms with E-state index in [4.69, 9.17) is 0 Å². The second-order valence-electron chi connectivity index (χ2n) is 6.03. The van der Waals surface area contributed by atoms with Gasteiger partial charge < -0.3 is 9.88 Å². The summed E-state index contributed by atoms with van der Waals surface area (Å²) in [4.78, 5) is 16.2. The summed E-state index contributed by atoms with van der Waals surface area (Å²) in [6.07, 6.45) is 4.41. The molecule has 4 heteroatoms. The average molecular weight is 269 g/mol. The fourth-order valence-electron chi connectivity index (χ4n) is 3.31. The minimum Gasteiger partial charge on any atom is -0.354 e. The summed E-state index contributed by atoms with van der Waals surface area (Å²) in [5.74, 6) is -0.0947. The minimum absolute atomic E-state index is 0.0627. The van der Waals surface area contributed by atoms with Crippen molar-refractivity contribution in [3.8, 4) is 0 Å². The SMILES string of the molecule is CNC(=O)c1cncn1C1c2ccccc2CC1(C)C. The highest BCUT2D eigenvalue weighted by atomic mass is 16.1. The first kappa shape index (κ1) is 12.9. The van der Waals surface area contributed by atoms with Gasteiger partial charge in [-0.25, -0.2) is 4.98 Å². The Kier molecular flexibility index (Phi) is 2.89. The molecule has 0 aliphatic heterocycles. The predicted molar refractivity (Wildman–Crippen MR) is 77.7 cm³/mol. The smallest absolute Gasteiger partial charge is 0.269 e. The van der Waals surface area contributed by atoms with Gasteiger partial charge in [-0.1, -0.05) is 38.1 Å². The molecule has 1 aromatic heterocycles. The first-order valence-electron chi connectivity index (χ1n) is 6.86. The van der Waals surface area contributed by atoms with Crippen molar-refractivity contribution in [2.24, 2.45) is 5.41 Å². The van der Waals surface area contributed by atoms with Crippen molar-refractivity contribution in [3.05, 3.63) is 53.6 Å². The third kappa shape index (κ3) is 1.83. The average Bonchev–Trinajstić information content (AvgIpc) is 2.97. The molecule has 0 saturated heterocycles. The Balaban J connectivity index is 2.14. The lowest BCUT2D eigenvalue weighted by atomic mass is 9.85. The maximum Gasteiger partial charge on any atom is 0.269 e. The Morgan fingerprint density at radius 1 is 1.40 bits per heavy atom. The van der Waals surface area contributed by atoms with Crippen molar-refractivity contribution in [2.75, 3.05) is 7.05 Å². The van der Waals surface area contributed by atoms with Crippen molar-refractivity contribution >= 4 is 5.91 Å². The fraction of sp³-hybridized carbons (Fsp3) is 0.375. The van der Waals surface area contributed by atoms with Crippen LogP contribution in [0.15, 0.2) is 36.8 Å². The first-order valence-corrected chi connectivity index (χ1v) is 6.86. The molecule has 1 N–H and O–H groups in total. The summed E-state index contributed by atoms with van der Waals surface area (Å²) in [6, 6.07) is 8.61. The number of carbonyl (C=O) groups excluding carboxylic acids is 1. The van der Waals surface area contributed by atoms with Crippen molar-refractivity contribution < 1.29 is 4.79 Å². The number of hydrogen-bond acceptors (Lipinski definition) is 2. The summed E-state index contributed by atoms with van der Waals surface area (Å²) in [5.41, 5.74) is 3.33. The molecule has 1 amide bonds. The van der Waals surface area contributed by atoms with Gasteiger partial charge in [0.25, 0.3) is 5.91 Å². The van der Waals surface area contributed by atoms with Gasteiger partial charge in [-0.3, -0.25) is 4.79 Å². The Labute approximate surface area is 118 Å². The molecule has 1 heterocycles. The van der Waals surface area contributed by atoms with E-state index in [1.807, 2.05) is 4.57 Å². The Bertz CT molecular complexity index is 657. The molecule has 0 saturated carbocycles. The molecule has 4 nitrogen and oxygen atoms in total. The number of benzene rings is 1. The largest absolute Gasteiger partial charge is 0.354 e. The summed E-state index contributed by atoms with van der Waals surface area (Å²) < 4.78 is 2.00. The molecular weight excluding hydrogens is 250 g/mol. The van der Waals surface area contributed by atoms with Gasteiger partial charge in [-0.2, -0.15) is 0 Å². The standard InChI is InChI=1S/C16H19N3O/c1-16(2)8-11-6-4-5-7-12(11)14(16)19-10-18-9-13(19)15(20)17-3/h4-7,9-10,14H,8H2,1-3H3,(H,17,20). The topological polar surface area (TPSA) is 46.9 Å². The molecule has 1 aliphatic carbocycles. The quantitative estimate of drug-likeness (QED) is 0.910. The number of aromatic nitrogens is 2. The molecule has 1 aliphatic rings. The molecule has 20 heavy (non-hydrogen) atoms. The molecule has 1 atom stereocenters. The number of carbonyl (C=O) groups is 1. The lowest BCUT2D eigenvalue weighted by molar-refractivity contribution is 0.0949. The summed E-state index contributed by atoms with van der Waals surface area (Å²) in [7, 11) is 1.65. The zero-order valence-electron chi connectivity index (χ0n) is 12.1. The van der Waals surface area contributed by atoms with E-state index in [2.05, 4.69) is 48.4 Å². The van der Waals surface area contributed by atoms with Crippen molar-refractivity contribution in [1.29, 1.82) is 0 Å². The van der Waals surface area contributed by atoms with Gasteiger partial charge in [0.05, 0.1) is 18.6 Å². The van der Waals surface area contributed by atoms with Crippen LogP contribution in [0, 0.1) is 5.41 Å². The van der Waals surface area contributed by atoms with Gasteiger partial charge in [-0.15, -0.1) is 0 Å². The number of fused-ring (bicyclic) bond motifs is 1. The zero-order chi connectivity index (χ0) is 14.3. The van der Waals surface area contributed by atoms with Gasteiger partial charge >= 0.3 is 0 Å². The van der Waals surface area contributed by atoms with E-state index in [9.17, 15) is 4.79 Å². The second-order valence-corrected chi connectivity index (χ2v) is 6.03. The molecule has 3 rings (SSSR count). The molecule has 1 aromatic carbocycles. The number of hydrogen-bond donors (Lipinski definition) is 1. The molecule has 0 spiro atoms. The van der Waals surface area contributed by atoms with Gasteiger partial charge in [0.1, 0.15) is 5.69 Å². The van der Waals surface area contributed by atoms with Crippen LogP contribution >= 0.6 is 0 Å². The number of nitrogens with zero attached hydrogens (tertiary/aromatic N) is 2. The normalized spacial score (nSPS) is 19.6. The van der Waals surface area contributed by atoms with Crippen LogP contribution in [0.3, 0.4) is 0 Å². The monoisotopic (exact) mass is 269 g/mol. The van der Waals surface area contributed by atoms with Crippen LogP contribution in [0.25, 0.3) is 0 Å². The molecule has 2 aromatic rings. The first-order chi connectivity index (χ1) is 9.54. The van der Waals surface area contributed by atoms with Crippen LogP contribution in [0.2, 0.25) is 0 Å². The minimum atomic E-state index is -0.0947. The highest BCUT2D eigenvalue weighted by Gasteiger charge is 2.41. The van der Waals surface area contributed by atoms with Gasteiger partial charge in [0.2, 0.25) is 0 Å². The number of rotatable bonds is 2. The lowest BCUT2D eigenvalue weighted by Crippen LogP contribution is -2.29. The third-order valence-corrected chi connectivity index (χ3v) is 4.14. The summed E-state index contributed by atoms with van der Waals surface area (Å²) in [6.45, 7) is 4.48. The van der Waals surface area contributed by atoms with Crippen LogP contribution in [-0.4, -0.2) is 22.5 Å². The Morgan fingerprint density at radius 2 is 2.15 bits per heavy atom. The molecule has 0 radical (unpaired) electrons. The van der Waals surface area contributed by atoms with Gasteiger partial charge in [0.15, 0.2) is 0 Å². The Hall–Kier alpha value is -2.10. The highest BCUT2D eigenvalue weighted by molar-refractivity contribution is 5.92. The number of amides is 1. The van der Waals surface area contributed by atoms with E-state index in [-0.39, 0.29) is 17.4 Å². The lowest BCUT2D eigenvalue weighted by Gasteiger charge is -2.30. The van der Waals surface area contributed by atoms with Gasteiger partial charge in [-0.05, 0) is 23.0 Å². The van der Waals surface area contributed by atoms with Crippen molar-refractivity contribution in [2.45, 2.75) is 26.3 Å². The third-order valence-electron chi connectivity index (χ3n) is 4.14. The van der Waals surface area contributed by atoms with Crippen LogP contribution in [0.1, 0.15) is 41.5 Å². The Morgan fingerprint density at radius 3 is 2.90 bits per heavy atom. The van der Waals surface area contributed by atoms with E-state index in [0.29, 0.717) is 5.69 Å². The predicted octanol–water partition coefficient (Wildman–Crippen LogP) is 2.41. The van der Waals surface area contributed by atoms with Crippen molar-refractivity contribution in [3.63, 3.8) is 0 Å².